The topological polar surface area (TPSA) is 40.5 Å². The maximum atomic E-state index is 12.3. The van der Waals surface area contributed by atoms with E-state index < -0.39 is 0 Å². The van der Waals surface area contributed by atoms with Gasteiger partial charge in [0.15, 0.2) is 0 Å². The van der Waals surface area contributed by atoms with E-state index in [1.54, 1.807) is 18.2 Å². The van der Waals surface area contributed by atoms with Crippen molar-refractivity contribution in [1.82, 2.24) is 4.90 Å². The first-order valence-electron chi connectivity index (χ1n) is 6.27. The Morgan fingerprint density at radius 2 is 2.11 bits per heavy atom. The van der Waals surface area contributed by atoms with E-state index in [2.05, 4.69) is 29.8 Å². The molecule has 98 valence electrons. The molecule has 1 fully saturated rings. The molecule has 1 aromatic carbocycles. The molecule has 1 heterocycles. The summed E-state index contributed by atoms with van der Waals surface area (Å²) in [6, 6.07) is 5.01. The number of phenols is 1. The van der Waals surface area contributed by atoms with E-state index in [-0.39, 0.29) is 11.7 Å². The lowest BCUT2D eigenvalue weighted by Gasteiger charge is -2.35. The number of benzene rings is 1. The molecule has 1 aromatic rings. The van der Waals surface area contributed by atoms with Crippen LogP contribution in [0.25, 0.3) is 0 Å². The summed E-state index contributed by atoms with van der Waals surface area (Å²) in [6.45, 7) is 5.95. The third kappa shape index (κ3) is 2.69. The molecule has 0 aromatic heterocycles. The summed E-state index contributed by atoms with van der Waals surface area (Å²) in [5.41, 5.74) is 0.389. The SMILES string of the molecule is CC1CCN(C(=O)c2ccc(Br)cc2O)CC1C. The third-order valence-corrected chi connectivity index (χ3v) is 4.30. The Balaban J connectivity index is 2.16. The molecule has 2 rings (SSSR count). The van der Waals surface area contributed by atoms with Crippen molar-refractivity contribution in [2.75, 3.05) is 13.1 Å². The second-order valence-corrected chi connectivity index (χ2v) is 6.07. The van der Waals surface area contributed by atoms with Gasteiger partial charge in [0.2, 0.25) is 0 Å². The van der Waals surface area contributed by atoms with Gasteiger partial charge in [0, 0.05) is 17.6 Å². The number of amides is 1. The van der Waals surface area contributed by atoms with Crippen molar-refractivity contribution in [2.45, 2.75) is 20.3 Å². The van der Waals surface area contributed by atoms with Crippen LogP contribution in [0.5, 0.6) is 5.75 Å². The van der Waals surface area contributed by atoms with E-state index in [1.807, 2.05) is 4.90 Å². The van der Waals surface area contributed by atoms with E-state index in [0.717, 1.165) is 24.0 Å². The first-order chi connectivity index (χ1) is 8.49. The van der Waals surface area contributed by atoms with E-state index in [9.17, 15) is 9.90 Å². The molecule has 18 heavy (non-hydrogen) atoms. The van der Waals surface area contributed by atoms with Crippen LogP contribution in [0.1, 0.15) is 30.6 Å². The van der Waals surface area contributed by atoms with Gasteiger partial charge in [-0.15, -0.1) is 0 Å². The Bertz CT molecular complexity index is 461. The summed E-state index contributed by atoms with van der Waals surface area (Å²) in [5, 5.41) is 9.83. The predicted molar refractivity (Wildman–Crippen MR) is 74.7 cm³/mol. The van der Waals surface area contributed by atoms with Crippen LogP contribution in [0.3, 0.4) is 0 Å². The van der Waals surface area contributed by atoms with Gasteiger partial charge in [-0.25, -0.2) is 0 Å². The lowest BCUT2D eigenvalue weighted by Crippen LogP contribution is -2.42. The number of hydrogen-bond donors (Lipinski definition) is 1. The Labute approximate surface area is 116 Å². The Kier molecular flexibility index (Phi) is 3.95. The number of phenolic OH excluding ortho intramolecular Hbond substituents is 1. The first kappa shape index (κ1) is 13.4. The highest BCUT2D eigenvalue weighted by Gasteiger charge is 2.27. The highest BCUT2D eigenvalue weighted by atomic mass is 79.9. The molecule has 0 aliphatic carbocycles. The van der Waals surface area contributed by atoms with Gasteiger partial charge in [-0.1, -0.05) is 29.8 Å². The summed E-state index contributed by atoms with van der Waals surface area (Å²) in [5.74, 6) is 1.15. The monoisotopic (exact) mass is 311 g/mol. The Morgan fingerprint density at radius 1 is 1.39 bits per heavy atom. The van der Waals surface area contributed by atoms with Crippen molar-refractivity contribution in [1.29, 1.82) is 0 Å². The minimum Gasteiger partial charge on any atom is -0.507 e. The fourth-order valence-electron chi connectivity index (χ4n) is 2.30. The summed E-state index contributed by atoms with van der Waals surface area (Å²) >= 11 is 3.27. The van der Waals surface area contributed by atoms with Gasteiger partial charge in [0.05, 0.1) is 5.56 Å². The van der Waals surface area contributed by atoms with Crippen LogP contribution in [0.2, 0.25) is 0 Å². The lowest BCUT2D eigenvalue weighted by molar-refractivity contribution is 0.0624. The van der Waals surface area contributed by atoms with Crippen molar-refractivity contribution >= 4 is 21.8 Å². The smallest absolute Gasteiger partial charge is 0.257 e. The maximum Gasteiger partial charge on any atom is 0.257 e. The first-order valence-corrected chi connectivity index (χ1v) is 7.06. The molecule has 0 bridgehead atoms. The standard InChI is InChI=1S/C14H18BrNO2/c1-9-5-6-16(8-10(9)2)14(18)12-4-3-11(15)7-13(12)17/h3-4,7,9-10,17H,5-6,8H2,1-2H3. The fourth-order valence-corrected chi connectivity index (χ4v) is 2.65. The zero-order valence-electron chi connectivity index (χ0n) is 10.7. The van der Waals surface area contributed by atoms with Crippen LogP contribution < -0.4 is 0 Å². The molecule has 1 aliphatic rings. The summed E-state index contributed by atoms with van der Waals surface area (Å²) in [7, 11) is 0. The highest BCUT2D eigenvalue weighted by Crippen LogP contribution is 2.27. The zero-order chi connectivity index (χ0) is 13.3. The second kappa shape index (κ2) is 5.31. The van der Waals surface area contributed by atoms with Crippen LogP contribution in [-0.2, 0) is 0 Å². The summed E-state index contributed by atoms with van der Waals surface area (Å²) in [4.78, 5) is 14.2. The van der Waals surface area contributed by atoms with Gasteiger partial charge in [-0.3, -0.25) is 4.79 Å². The third-order valence-electron chi connectivity index (χ3n) is 3.81. The quantitative estimate of drug-likeness (QED) is 0.864. The van der Waals surface area contributed by atoms with Gasteiger partial charge in [0.25, 0.3) is 5.91 Å². The number of hydrogen-bond acceptors (Lipinski definition) is 2. The zero-order valence-corrected chi connectivity index (χ0v) is 12.3. The number of rotatable bonds is 1. The molecule has 1 aliphatic heterocycles. The average Bonchev–Trinajstić information content (AvgIpc) is 2.32. The molecular formula is C14H18BrNO2. The van der Waals surface area contributed by atoms with Gasteiger partial charge < -0.3 is 10.0 Å². The van der Waals surface area contributed by atoms with E-state index in [1.165, 1.54) is 0 Å². The van der Waals surface area contributed by atoms with Gasteiger partial charge in [-0.2, -0.15) is 0 Å². The normalized spacial score (nSPS) is 24.1. The molecule has 1 saturated heterocycles. The van der Waals surface area contributed by atoms with E-state index in [4.69, 9.17) is 0 Å². The number of piperidine rings is 1. The molecule has 4 heteroatoms. The van der Waals surface area contributed by atoms with Crippen LogP contribution in [0, 0.1) is 11.8 Å². The molecule has 0 saturated carbocycles. The average molecular weight is 312 g/mol. The van der Waals surface area contributed by atoms with Crippen molar-refractivity contribution < 1.29 is 9.90 Å². The van der Waals surface area contributed by atoms with Gasteiger partial charge in [0.1, 0.15) is 5.75 Å². The highest BCUT2D eigenvalue weighted by molar-refractivity contribution is 9.10. The van der Waals surface area contributed by atoms with Crippen molar-refractivity contribution in [3.8, 4) is 5.75 Å². The second-order valence-electron chi connectivity index (χ2n) is 5.16. The molecule has 2 unspecified atom stereocenters. The number of halogens is 1. The van der Waals surface area contributed by atoms with Gasteiger partial charge >= 0.3 is 0 Å². The molecule has 2 atom stereocenters. The molecule has 3 nitrogen and oxygen atoms in total. The van der Waals surface area contributed by atoms with Crippen LogP contribution in [0.4, 0.5) is 0 Å². The maximum absolute atomic E-state index is 12.3. The van der Waals surface area contributed by atoms with Crippen LogP contribution >= 0.6 is 15.9 Å². The van der Waals surface area contributed by atoms with E-state index >= 15 is 0 Å². The van der Waals surface area contributed by atoms with Crippen LogP contribution in [-0.4, -0.2) is 29.0 Å². The van der Waals surface area contributed by atoms with Gasteiger partial charge in [-0.05, 0) is 36.5 Å². The molecular weight excluding hydrogens is 294 g/mol. The molecule has 0 spiro atoms. The fraction of sp³-hybridized carbons (Fsp3) is 0.500. The number of aromatic hydroxyl groups is 1. The van der Waals surface area contributed by atoms with E-state index in [0.29, 0.717) is 17.4 Å². The summed E-state index contributed by atoms with van der Waals surface area (Å²) < 4.78 is 0.775. The summed E-state index contributed by atoms with van der Waals surface area (Å²) in [6.07, 6.45) is 1.03. The number of carbonyl (C=O) groups excluding carboxylic acids is 1. The minimum atomic E-state index is -0.0706. The molecule has 1 amide bonds. The van der Waals surface area contributed by atoms with Crippen molar-refractivity contribution in [2.24, 2.45) is 11.8 Å². The minimum absolute atomic E-state index is 0.0423. The Hall–Kier alpha value is -1.03. The van der Waals surface area contributed by atoms with Crippen LogP contribution in [0.15, 0.2) is 22.7 Å². The van der Waals surface area contributed by atoms with Crippen molar-refractivity contribution in [3.05, 3.63) is 28.2 Å². The lowest BCUT2D eigenvalue weighted by atomic mass is 9.88. The predicted octanol–water partition coefficient (Wildman–Crippen LogP) is 3.27. The van der Waals surface area contributed by atoms with Crippen molar-refractivity contribution in [3.63, 3.8) is 0 Å². The number of likely N-dealkylation sites (tertiary alicyclic amines) is 1. The number of carbonyl (C=O) groups is 1. The molecule has 1 N–H and O–H groups in total. The Morgan fingerprint density at radius 3 is 2.72 bits per heavy atom. The largest absolute Gasteiger partial charge is 0.507 e. The number of nitrogens with zero attached hydrogens (tertiary/aromatic N) is 1. The molecule has 0 radical (unpaired) electrons.